The Morgan fingerprint density at radius 2 is 1.87 bits per heavy atom. The summed E-state index contributed by atoms with van der Waals surface area (Å²) in [7, 11) is 0. The van der Waals surface area contributed by atoms with Crippen LogP contribution in [0.1, 0.15) is 21.5 Å². The maximum absolute atomic E-state index is 12.4. The van der Waals surface area contributed by atoms with E-state index < -0.39 is 0 Å². The average Bonchev–Trinajstić information content (AvgIpc) is 3.15. The molecule has 4 aromatic rings. The third-order valence-corrected chi connectivity index (χ3v) is 6.70. The van der Waals surface area contributed by atoms with Gasteiger partial charge in [0, 0.05) is 17.5 Å². The molecular weight excluding hydrogens is 432 g/mol. The van der Waals surface area contributed by atoms with Crippen LogP contribution in [-0.2, 0) is 5.75 Å². The van der Waals surface area contributed by atoms with E-state index in [9.17, 15) is 4.79 Å². The van der Waals surface area contributed by atoms with Crippen molar-refractivity contribution in [2.45, 2.75) is 17.0 Å². The van der Waals surface area contributed by atoms with E-state index in [0.717, 1.165) is 21.3 Å². The molecule has 0 atom stereocenters. The number of aryl methyl sites for hydroxylation is 1. The number of thioether (sulfide) groups is 1. The SMILES string of the molecule is Cc1ccc(NC(=O)c2ccc(-n3nc(SCc4ccccc4)sc3=S)cc2)nc1. The first-order valence-electron chi connectivity index (χ1n) is 9.20. The summed E-state index contributed by atoms with van der Waals surface area (Å²) >= 11 is 8.63. The largest absolute Gasteiger partial charge is 0.307 e. The summed E-state index contributed by atoms with van der Waals surface area (Å²) in [5.41, 5.74) is 3.65. The molecule has 5 nitrogen and oxygen atoms in total. The number of amides is 1. The molecule has 0 spiro atoms. The van der Waals surface area contributed by atoms with Crippen molar-refractivity contribution >= 4 is 47.0 Å². The summed E-state index contributed by atoms with van der Waals surface area (Å²) < 4.78 is 3.32. The van der Waals surface area contributed by atoms with Crippen molar-refractivity contribution in [3.05, 3.63) is 93.6 Å². The highest BCUT2D eigenvalue weighted by Gasteiger charge is 2.10. The predicted molar refractivity (Wildman–Crippen MR) is 125 cm³/mol. The minimum atomic E-state index is -0.209. The second-order valence-electron chi connectivity index (χ2n) is 6.54. The van der Waals surface area contributed by atoms with Crippen LogP contribution in [0, 0.1) is 10.9 Å². The van der Waals surface area contributed by atoms with Gasteiger partial charge in [0.25, 0.3) is 5.91 Å². The van der Waals surface area contributed by atoms with Crippen molar-refractivity contribution in [1.29, 1.82) is 0 Å². The van der Waals surface area contributed by atoms with Gasteiger partial charge in [-0.05, 0) is 60.6 Å². The Kier molecular flexibility index (Phi) is 6.37. The van der Waals surface area contributed by atoms with Crippen molar-refractivity contribution in [3.8, 4) is 5.69 Å². The van der Waals surface area contributed by atoms with Crippen molar-refractivity contribution in [2.24, 2.45) is 0 Å². The highest BCUT2D eigenvalue weighted by atomic mass is 32.2. The molecule has 0 radical (unpaired) electrons. The van der Waals surface area contributed by atoms with Gasteiger partial charge in [-0.1, -0.05) is 59.5 Å². The predicted octanol–water partition coefficient (Wildman–Crippen LogP) is 5.91. The molecule has 2 aromatic carbocycles. The van der Waals surface area contributed by atoms with Crippen LogP contribution in [0.15, 0.2) is 77.3 Å². The number of nitrogens with one attached hydrogen (secondary N) is 1. The van der Waals surface area contributed by atoms with E-state index in [0.29, 0.717) is 15.3 Å². The lowest BCUT2D eigenvalue weighted by molar-refractivity contribution is 0.102. The van der Waals surface area contributed by atoms with Gasteiger partial charge in [0.1, 0.15) is 5.82 Å². The van der Waals surface area contributed by atoms with E-state index in [-0.39, 0.29) is 5.91 Å². The Hall–Kier alpha value is -2.81. The maximum atomic E-state index is 12.4. The van der Waals surface area contributed by atoms with Gasteiger partial charge in [0.05, 0.1) is 5.69 Å². The molecule has 0 aliphatic rings. The van der Waals surface area contributed by atoms with Gasteiger partial charge >= 0.3 is 0 Å². The number of pyridine rings is 1. The van der Waals surface area contributed by atoms with Gasteiger partial charge in [-0.25, -0.2) is 9.67 Å². The number of hydrogen-bond acceptors (Lipinski definition) is 6. The molecule has 0 bridgehead atoms. The van der Waals surface area contributed by atoms with E-state index in [1.54, 1.807) is 40.8 Å². The minimum Gasteiger partial charge on any atom is -0.307 e. The summed E-state index contributed by atoms with van der Waals surface area (Å²) in [4.78, 5) is 16.6. The number of aromatic nitrogens is 3. The number of carbonyl (C=O) groups excluding carboxylic acids is 1. The van der Waals surface area contributed by atoms with E-state index in [2.05, 4.69) is 27.5 Å². The lowest BCUT2D eigenvalue weighted by Crippen LogP contribution is -2.13. The Morgan fingerprint density at radius 3 is 2.57 bits per heavy atom. The first-order valence-corrected chi connectivity index (χ1v) is 11.4. The number of hydrogen-bond donors (Lipinski definition) is 1. The average molecular weight is 451 g/mol. The lowest BCUT2D eigenvalue weighted by Gasteiger charge is -2.06. The maximum Gasteiger partial charge on any atom is 0.256 e. The Bertz CT molecular complexity index is 1200. The molecule has 0 aliphatic heterocycles. The van der Waals surface area contributed by atoms with Crippen molar-refractivity contribution in [3.63, 3.8) is 0 Å². The zero-order valence-corrected chi connectivity index (χ0v) is 18.6. The first kappa shape index (κ1) is 20.5. The Morgan fingerprint density at radius 1 is 1.10 bits per heavy atom. The third kappa shape index (κ3) is 5.02. The van der Waals surface area contributed by atoms with Gasteiger partial charge < -0.3 is 5.32 Å². The topological polar surface area (TPSA) is 59.8 Å². The van der Waals surface area contributed by atoms with Crippen LogP contribution >= 0.6 is 35.3 Å². The highest BCUT2D eigenvalue weighted by molar-refractivity contribution is 8.00. The normalized spacial score (nSPS) is 10.7. The number of anilines is 1. The highest BCUT2D eigenvalue weighted by Crippen LogP contribution is 2.27. The van der Waals surface area contributed by atoms with Gasteiger partial charge in [-0.3, -0.25) is 4.79 Å². The van der Waals surface area contributed by atoms with E-state index in [4.69, 9.17) is 12.2 Å². The smallest absolute Gasteiger partial charge is 0.256 e. The van der Waals surface area contributed by atoms with Gasteiger partial charge in [-0.15, -0.1) is 5.10 Å². The summed E-state index contributed by atoms with van der Waals surface area (Å²) in [6, 6.07) is 21.2. The molecule has 2 heterocycles. The molecule has 8 heteroatoms. The van der Waals surface area contributed by atoms with E-state index in [1.807, 2.05) is 43.3 Å². The molecule has 150 valence electrons. The van der Waals surface area contributed by atoms with Crippen LogP contribution in [0.3, 0.4) is 0 Å². The Labute approximate surface area is 187 Å². The fraction of sp³-hybridized carbons (Fsp3) is 0.0909. The fourth-order valence-corrected chi connectivity index (χ4v) is 5.00. The van der Waals surface area contributed by atoms with Crippen LogP contribution in [0.25, 0.3) is 5.69 Å². The molecule has 30 heavy (non-hydrogen) atoms. The quantitative estimate of drug-likeness (QED) is 0.292. The number of nitrogens with zero attached hydrogens (tertiary/aromatic N) is 3. The van der Waals surface area contributed by atoms with E-state index >= 15 is 0 Å². The molecule has 1 amide bonds. The summed E-state index contributed by atoms with van der Waals surface area (Å²) in [5, 5.41) is 7.43. The monoisotopic (exact) mass is 450 g/mol. The zero-order valence-electron chi connectivity index (χ0n) is 16.1. The van der Waals surface area contributed by atoms with Crippen LogP contribution in [0.5, 0.6) is 0 Å². The first-order chi connectivity index (χ1) is 14.6. The van der Waals surface area contributed by atoms with Gasteiger partial charge in [-0.2, -0.15) is 0 Å². The minimum absolute atomic E-state index is 0.209. The Balaban J connectivity index is 1.44. The molecule has 0 unspecified atom stereocenters. The summed E-state index contributed by atoms with van der Waals surface area (Å²) in [5.74, 6) is 1.16. The third-order valence-electron chi connectivity index (χ3n) is 4.26. The lowest BCUT2D eigenvalue weighted by atomic mass is 10.2. The van der Waals surface area contributed by atoms with Crippen molar-refractivity contribution in [1.82, 2.24) is 14.8 Å². The molecule has 0 saturated heterocycles. The number of benzene rings is 2. The summed E-state index contributed by atoms with van der Waals surface area (Å²) in [6.07, 6.45) is 1.72. The molecule has 1 N–H and O–H groups in total. The van der Waals surface area contributed by atoms with Crippen LogP contribution in [0.4, 0.5) is 5.82 Å². The van der Waals surface area contributed by atoms with E-state index in [1.165, 1.54) is 16.9 Å². The summed E-state index contributed by atoms with van der Waals surface area (Å²) in [6.45, 7) is 1.95. The molecule has 2 aromatic heterocycles. The molecule has 0 fully saturated rings. The van der Waals surface area contributed by atoms with Crippen LogP contribution in [-0.4, -0.2) is 20.7 Å². The zero-order chi connectivity index (χ0) is 20.9. The second-order valence-corrected chi connectivity index (χ2v) is 9.39. The van der Waals surface area contributed by atoms with Gasteiger partial charge in [0.15, 0.2) is 8.29 Å². The van der Waals surface area contributed by atoms with Gasteiger partial charge in [0.2, 0.25) is 0 Å². The number of rotatable bonds is 6. The van der Waals surface area contributed by atoms with Crippen molar-refractivity contribution in [2.75, 3.05) is 5.32 Å². The fourth-order valence-electron chi connectivity index (χ4n) is 2.69. The molecule has 4 rings (SSSR count). The van der Waals surface area contributed by atoms with Crippen LogP contribution < -0.4 is 5.32 Å². The second kappa shape index (κ2) is 9.34. The molecular formula is C22H18N4OS3. The molecule has 0 aliphatic carbocycles. The molecule has 0 saturated carbocycles. The number of carbonyl (C=O) groups is 1. The van der Waals surface area contributed by atoms with Crippen molar-refractivity contribution < 1.29 is 4.79 Å². The standard InChI is InChI=1S/C22H18N4OS3/c1-15-7-12-19(23-13-15)24-20(27)17-8-10-18(11-9-17)26-22(28)30-21(25-26)29-14-16-5-3-2-4-6-16/h2-13H,14H2,1H3,(H,23,24,27). The van der Waals surface area contributed by atoms with Crippen LogP contribution in [0.2, 0.25) is 0 Å².